The first-order valence-electron chi connectivity index (χ1n) is 6.36. The highest BCUT2D eigenvalue weighted by Gasteiger charge is 2.45. The number of carbonyl (C=O) groups is 3. The van der Waals surface area contributed by atoms with Crippen molar-refractivity contribution in [3.05, 3.63) is 0 Å². The molecule has 0 aromatic heterocycles. The summed E-state index contributed by atoms with van der Waals surface area (Å²) in [7, 11) is 3.38. The predicted molar refractivity (Wildman–Crippen MR) is 68.1 cm³/mol. The maximum absolute atomic E-state index is 12.3. The Balaban J connectivity index is 2.94. The lowest BCUT2D eigenvalue weighted by Crippen LogP contribution is -2.63. The van der Waals surface area contributed by atoms with E-state index in [9.17, 15) is 14.4 Å². The molecule has 0 aliphatic heterocycles. The van der Waals surface area contributed by atoms with E-state index >= 15 is 0 Å². The first kappa shape index (κ1) is 15.4. The fourth-order valence-corrected chi connectivity index (χ4v) is 2.60. The number of nitrogens with one attached hydrogen (secondary N) is 1. The molecule has 1 aliphatic rings. The molecule has 0 unspecified atom stereocenters. The smallest absolute Gasteiger partial charge is 0.322 e. The van der Waals surface area contributed by atoms with Crippen LogP contribution in [-0.2, 0) is 14.4 Å². The summed E-state index contributed by atoms with van der Waals surface area (Å²) < 4.78 is 0. The highest BCUT2D eigenvalue weighted by molar-refractivity contribution is 5.90. The Bertz CT molecular complexity index is 351. The minimum atomic E-state index is -1.10. The summed E-state index contributed by atoms with van der Waals surface area (Å²) in [6, 6.07) is 0. The van der Waals surface area contributed by atoms with Crippen molar-refractivity contribution in [3.8, 4) is 0 Å². The molecular formula is C12H21N3O4. The number of amides is 2. The molecule has 7 nitrogen and oxygen atoms in total. The van der Waals surface area contributed by atoms with Gasteiger partial charge in [-0.15, -0.1) is 0 Å². The van der Waals surface area contributed by atoms with Gasteiger partial charge in [0.05, 0.1) is 0 Å². The lowest BCUT2D eigenvalue weighted by atomic mass is 9.80. The third kappa shape index (κ3) is 3.44. The number of carboxylic acid groups (broad SMARTS) is 1. The number of hydrogen-bond acceptors (Lipinski definition) is 4. The van der Waals surface area contributed by atoms with Crippen LogP contribution >= 0.6 is 0 Å². The fourth-order valence-electron chi connectivity index (χ4n) is 2.60. The maximum atomic E-state index is 12.3. The normalized spacial score (nSPS) is 17.8. The lowest BCUT2D eigenvalue weighted by Gasteiger charge is -2.45. The second kappa shape index (κ2) is 6.51. The molecule has 1 rings (SSSR count). The molecule has 0 bridgehead atoms. The first-order chi connectivity index (χ1) is 8.94. The largest absolute Gasteiger partial charge is 0.480 e. The molecule has 19 heavy (non-hydrogen) atoms. The van der Waals surface area contributed by atoms with Crippen molar-refractivity contribution in [2.45, 2.75) is 37.6 Å². The molecule has 2 amide bonds. The molecule has 2 N–H and O–H groups in total. The molecule has 108 valence electrons. The Kier molecular flexibility index (Phi) is 5.29. The van der Waals surface area contributed by atoms with E-state index < -0.39 is 24.0 Å². The molecule has 1 fully saturated rings. The monoisotopic (exact) mass is 271 g/mol. The van der Waals surface area contributed by atoms with Gasteiger partial charge >= 0.3 is 5.97 Å². The van der Waals surface area contributed by atoms with Gasteiger partial charge < -0.3 is 10.4 Å². The van der Waals surface area contributed by atoms with Crippen LogP contribution in [0.2, 0.25) is 0 Å². The van der Waals surface area contributed by atoms with E-state index in [1.807, 2.05) is 0 Å². The van der Waals surface area contributed by atoms with E-state index in [4.69, 9.17) is 5.11 Å². The second-order valence-corrected chi connectivity index (χ2v) is 4.97. The average Bonchev–Trinajstić information content (AvgIpc) is 2.37. The Morgan fingerprint density at radius 1 is 1.26 bits per heavy atom. The van der Waals surface area contributed by atoms with Gasteiger partial charge in [-0.05, 0) is 12.8 Å². The van der Waals surface area contributed by atoms with Gasteiger partial charge in [0.15, 0.2) is 0 Å². The van der Waals surface area contributed by atoms with Crippen LogP contribution in [0.25, 0.3) is 0 Å². The molecular weight excluding hydrogens is 250 g/mol. The van der Waals surface area contributed by atoms with Crippen LogP contribution in [-0.4, -0.2) is 59.6 Å². The number of aliphatic carboxylic acids is 1. The topological polar surface area (TPSA) is 90.0 Å². The van der Waals surface area contributed by atoms with Gasteiger partial charge in [-0.1, -0.05) is 19.3 Å². The van der Waals surface area contributed by atoms with Crippen molar-refractivity contribution in [2.24, 2.45) is 0 Å². The summed E-state index contributed by atoms with van der Waals surface area (Å²) in [5, 5.41) is 14.0. The number of hydrogen-bond donors (Lipinski definition) is 2. The zero-order valence-electron chi connectivity index (χ0n) is 11.4. The number of carboxylic acids is 1. The van der Waals surface area contributed by atoms with Crippen molar-refractivity contribution in [3.63, 3.8) is 0 Å². The Labute approximate surface area is 112 Å². The summed E-state index contributed by atoms with van der Waals surface area (Å²) in [6.45, 7) is -0.430. The molecule has 1 saturated carbocycles. The summed E-state index contributed by atoms with van der Waals surface area (Å²) in [5.74, 6) is -1.49. The summed E-state index contributed by atoms with van der Waals surface area (Å²) >= 11 is 0. The second-order valence-electron chi connectivity index (χ2n) is 4.97. The predicted octanol–water partition coefficient (Wildman–Crippen LogP) is -0.175. The molecule has 0 radical (unpaired) electrons. The van der Waals surface area contributed by atoms with E-state index in [1.165, 1.54) is 5.01 Å². The van der Waals surface area contributed by atoms with Crippen LogP contribution in [0.4, 0.5) is 0 Å². The number of carbonyl (C=O) groups excluding carboxylic acids is 2. The third-order valence-corrected chi connectivity index (χ3v) is 3.47. The number of rotatable bonds is 6. The van der Waals surface area contributed by atoms with Gasteiger partial charge in [0, 0.05) is 14.1 Å². The quantitative estimate of drug-likeness (QED) is 0.517. The zero-order chi connectivity index (χ0) is 14.5. The highest BCUT2D eigenvalue weighted by atomic mass is 16.4. The van der Waals surface area contributed by atoms with E-state index in [-0.39, 0.29) is 0 Å². The van der Waals surface area contributed by atoms with Crippen molar-refractivity contribution < 1.29 is 19.5 Å². The zero-order valence-corrected chi connectivity index (χ0v) is 11.4. The lowest BCUT2D eigenvalue weighted by molar-refractivity contribution is -0.162. The standard InChI is InChI=1S/C12H21N3O4/c1-14(2)15(9-16)12(6-4-3-5-7-12)11(19)13-8-10(17)18/h9H,3-8H2,1-2H3,(H,13,19)(H,17,18). The minimum Gasteiger partial charge on any atom is -0.480 e. The molecule has 0 spiro atoms. The van der Waals surface area contributed by atoms with Crippen LogP contribution in [0.3, 0.4) is 0 Å². The Morgan fingerprint density at radius 3 is 2.26 bits per heavy atom. The van der Waals surface area contributed by atoms with Crippen LogP contribution in [0, 0.1) is 0 Å². The summed E-state index contributed by atoms with van der Waals surface area (Å²) in [5.41, 5.74) is -0.959. The van der Waals surface area contributed by atoms with E-state index in [0.717, 1.165) is 19.3 Å². The van der Waals surface area contributed by atoms with E-state index in [1.54, 1.807) is 19.1 Å². The third-order valence-electron chi connectivity index (χ3n) is 3.47. The average molecular weight is 271 g/mol. The maximum Gasteiger partial charge on any atom is 0.322 e. The van der Waals surface area contributed by atoms with Gasteiger partial charge in [0.1, 0.15) is 12.1 Å². The van der Waals surface area contributed by atoms with Crippen LogP contribution in [0.1, 0.15) is 32.1 Å². The van der Waals surface area contributed by atoms with Gasteiger partial charge in [0.25, 0.3) is 0 Å². The molecule has 0 aromatic carbocycles. The molecule has 7 heteroatoms. The SMILES string of the molecule is CN(C)N(C=O)C1(C(=O)NCC(=O)O)CCCCC1. The highest BCUT2D eigenvalue weighted by Crippen LogP contribution is 2.33. The van der Waals surface area contributed by atoms with Crippen molar-refractivity contribution in [2.75, 3.05) is 20.6 Å². The Hall–Kier alpha value is -1.63. The van der Waals surface area contributed by atoms with E-state index in [0.29, 0.717) is 19.3 Å². The summed E-state index contributed by atoms with van der Waals surface area (Å²) in [6.07, 6.45) is 4.45. The molecule has 0 atom stereocenters. The van der Waals surface area contributed by atoms with E-state index in [2.05, 4.69) is 5.32 Å². The first-order valence-corrected chi connectivity index (χ1v) is 6.36. The summed E-state index contributed by atoms with van der Waals surface area (Å²) in [4.78, 5) is 34.2. The number of nitrogens with zero attached hydrogens (tertiary/aromatic N) is 2. The van der Waals surface area contributed by atoms with Gasteiger partial charge in [-0.25, -0.2) is 5.01 Å². The van der Waals surface area contributed by atoms with Crippen molar-refractivity contribution in [1.82, 2.24) is 15.3 Å². The number of hydrazine groups is 1. The van der Waals surface area contributed by atoms with Gasteiger partial charge in [-0.3, -0.25) is 19.4 Å². The van der Waals surface area contributed by atoms with Crippen LogP contribution < -0.4 is 5.32 Å². The molecule has 1 aliphatic carbocycles. The van der Waals surface area contributed by atoms with Gasteiger partial charge in [-0.2, -0.15) is 0 Å². The van der Waals surface area contributed by atoms with Crippen molar-refractivity contribution in [1.29, 1.82) is 0 Å². The van der Waals surface area contributed by atoms with Crippen LogP contribution in [0.5, 0.6) is 0 Å². The van der Waals surface area contributed by atoms with Gasteiger partial charge in [0.2, 0.25) is 12.3 Å². The molecule has 0 aromatic rings. The fraction of sp³-hybridized carbons (Fsp3) is 0.750. The molecule has 0 heterocycles. The molecule has 0 saturated heterocycles. The minimum absolute atomic E-state index is 0.393. The Morgan fingerprint density at radius 2 is 1.84 bits per heavy atom. The van der Waals surface area contributed by atoms with Crippen LogP contribution in [0.15, 0.2) is 0 Å². The van der Waals surface area contributed by atoms with Crippen molar-refractivity contribution >= 4 is 18.3 Å².